The van der Waals surface area contributed by atoms with E-state index in [9.17, 15) is 15.0 Å². The average Bonchev–Trinajstić information content (AvgIpc) is 2.72. The lowest BCUT2D eigenvalue weighted by atomic mass is 9.87. The standard InChI is InChI=1S/C24H26O4/c1-3-18(16-11-7-5-8-12-16)22-20(25)15-21(28-24(22)27)19(4-2)23(26)17-13-9-6-10-14-17/h5-15,18-19,23,25-26H,3-4H2,1-2H3/t18?,19-,23+/m1/s1. The van der Waals surface area contributed by atoms with Crippen LogP contribution in [0.15, 0.2) is 75.9 Å². The number of aromatic hydroxyl groups is 1. The molecule has 0 saturated heterocycles. The smallest absolute Gasteiger partial charge is 0.343 e. The summed E-state index contributed by atoms with van der Waals surface area (Å²) in [4.78, 5) is 12.8. The maximum Gasteiger partial charge on any atom is 0.343 e. The van der Waals surface area contributed by atoms with Crippen LogP contribution in [0.3, 0.4) is 0 Å². The fourth-order valence-corrected chi connectivity index (χ4v) is 3.77. The first-order chi connectivity index (χ1) is 13.6. The molecule has 28 heavy (non-hydrogen) atoms. The lowest BCUT2D eigenvalue weighted by Gasteiger charge is -2.22. The van der Waals surface area contributed by atoms with Crippen molar-refractivity contribution in [1.82, 2.24) is 0 Å². The normalized spacial score (nSPS) is 14.4. The van der Waals surface area contributed by atoms with Gasteiger partial charge >= 0.3 is 5.63 Å². The summed E-state index contributed by atoms with van der Waals surface area (Å²) in [6, 6.07) is 20.4. The van der Waals surface area contributed by atoms with Crippen molar-refractivity contribution in [3.63, 3.8) is 0 Å². The van der Waals surface area contributed by atoms with Gasteiger partial charge in [0.25, 0.3) is 0 Å². The van der Waals surface area contributed by atoms with Crippen LogP contribution in [-0.4, -0.2) is 10.2 Å². The van der Waals surface area contributed by atoms with Gasteiger partial charge in [0.1, 0.15) is 11.5 Å². The van der Waals surface area contributed by atoms with Gasteiger partial charge < -0.3 is 14.6 Å². The Morgan fingerprint density at radius 2 is 1.46 bits per heavy atom. The van der Waals surface area contributed by atoms with Gasteiger partial charge in [0.05, 0.1) is 11.7 Å². The van der Waals surface area contributed by atoms with E-state index >= 15 is 0 Å². The number of hydrogen-bond donors (Lipinski definition) is 2. The Morgan fingerprint density at radius 3 is 1.96 bits per heavy atom. The van der Waals surface area contributed by atoms with Crippen LogP contribution >= 0.6 is 0 Å². The van der Waals surface area contributed by atoms with Crippen molar-refractivity contribution >= 4 is 0 Å². The topological polar surface area (TPSA) is 70.7 Å². The Balaban J connectivity index is 2.00. The zero-order chi connectivity index (χ0) is 20.1. The Morgan fingerprint density at radius 1 is 0.893 bits per heavy atom. The minimum absolute atomic E-state index is 0.0827. The Bertz CT molecular complexity index is 947. The van der Waals surface area contributed by atoms with Crippen LogP contribution in [0.25, 0.3) is 0 Å². The first kappa shape index (κ1) is 19.9. The molecule has 1 unspecified atom stereocenters. The largest absolute Gasteiger partial charge is 0.507 e. The molecule has 0 aliphatic rings. The van der Waals surface area contributed by atoms with Gasteiger partial charge in [-0.2, -0.15) is 0 Å². The fraction of sp³-hybridized carbons (Fsp3) is 0.292. The fourth-order valence-electron chi connectivity index (χ4n) is 3.77. The monoisotopic (exact) mass is 378 g/mol. The van der Waals surface area contributed by atoms with Crippen molar-refractivity contribution in [2.75, 3.05) is 0 Å². The average molecular weight is 378 g/mol. The molecule has 0 spiro atoms. The van der Waals surface area contributed by atoms with Gasteiger partial charge in [0, 0.05) is 17.9 Å². The van der Waals surface area contributed by atoms with E-state index in [1.165, 1.54) is 6.07 Å². The summed E-state index contributed by atoms with van der Waals surface area (Å²) >= 11 is 0. The minimum Gasteiger partial charge on any atom is -0.507 e. The SMILES string of the molecule is CCC(c1ccccc1)c1c(O)cc([C@@H](CC)[C@@H](O)c2ccccc2)oc1=O. The van der Waals surface area contributed by atoms with Gasteiger partial charge in [-0.25, -0.2) is 4.79 Å². The summed E-state index contributed by atoms with van der Waals surface area (Å²) in [5.74, 6) is -0.453. The maximum absolute atomic E-state index is 12.8. The number of aliphatic hydroxyl groups is 1. The van der Waals surface area contributed by atoms with E-state index in [1.54, 1.807) is 0 Å². The third kappa shape index (κ3) is 4.02. The Labute approximate surface area is 165 Å². The van der Waals surface area contributed by atoms with E-state index in [4.69, 9.17) is 4.42 Å². The summed E-state index contributed by atoms with van der Waals surface area (Å²) in [5.41, 5.74) is 1.42. The lowest BCUT2D eigenvalue weighted by Crippen LogP contribution is -2.17. The summed E-state index contributed by atoms with van der Waals surface area (Å²) in [5, 5.41) is 21.5. The van der Waals surface area contributed by atoms with Gasteiger partial charge in [-0.05, 0) is 24.0 Å². The second kappa shape index (κ2) is 8.89. The van der Waals surface area contributed by atoms with Crippen LogP contribution in [0.5, 0.6) is 5.75 Å². The second-order valence-electron chi connectivity index (χ2n) is 6.98. The van der Waals surface area contributed by atoms with Crippen molar-refractivity contribution in [3.05, 3.63) is 99.6 Å². The Hall–Kier alpha value is -2.85. The highest BCUT2D eigenvalue weighted by Crippen LogP contribution is 2.37. The number of rotatable bonds is 7. The first-order valence-corrected chi connectivity index (χ1v) is 9.71. The molecule has 4 heteroatoms. The van der Waals surface area contributed by atoms with Crippen molar-refractivity contribution in [2.24, 2.45) is 0 Å². The molecule has 4 nitrogen and oxygen atoms in total. The molecule has 3 rings (SSSR count). The molecular formula is C24H26O4. The highest BCUT2D eigenvalue weighted by Gasteiger charge is 2.27. The molecule has 2 aromatic carbocycles. The van der Waals surface area contributed by atoms with Crippen LogP contribution in [0.2, 0.25) is 0 Å². The molecule has 0 amide bonds. The van der Waals surface area contributed by atoms with Crippen molar-refractivity contribution in [1.29, 1.82) is 0 Å². The summed E-state index contributed by atoms with van der Waals surface area (Å²) in [6.07, 6.45) is 0.398. The van der Waals surface area contributed by atoms with Crippen LogP contribution < -0.4 is 5.63 Å². The second-order valence-corrected chi connectivity index (χ2v) is 6.98. The third-order valence-corrected chi connectivity index (χ3v) is 5.27. The number of benzene rings is 2. The molecule has 3 aromatic rings. The van der Waals surface area contributed by atoms with Gasteiger partial charge in [-0.3, -0.25) is 0 Å². The van der Waals surface area contributed by atoms with E-state index in [0.29, 0.717) is 18.6 Å². The highest BCUT2D eigenvalue weighted by atomic mass is 16.4. The van der Waals surface area contributed by atoms with Gasteiger partial charge in [0.2, 0.25) is 0 Å². The molecule has 0 aliphatic carbocycles. The first-order valence-electron chi connectivity index (χ1n) is 9.71. The quantitative estimate of drug-likeness (QED) is 0.599. The predicted octanol–water partition coefficient (Wildman–Crippen LogP) is 5.11. The summed E-state index contributed by atoms with van der Waals surface area (Å²) < 4.78 is 5.61. The van der Waals surface area contributed by atoms with Gasteiger partial charge in [-0.1, -0.05) is 74.5 Å². The van der Waals surface area contributed by atoms with Crippen molar-refractivity contribution in [2.45, 2.75) is 44.6 Å². The van der Waals surface area contributed by atoms with Crippen molar-refractivity contribution < 1.29 is 14.6 Å². The van der Waals surface area contributed by atoms with Gasteiger partial charge in [0.15, 0.2) is 0 Å². The zero-order valence-electron chi connectivity index (χ0n) is 16.2. The van der Waals surface area contributed by atoms with Crippen LogP contribution in [0, 0.1) is 0 Å². The molecule has 0 fully saturated rings. The molecule has 146 valence electrons. The molecular weight excluding hydrogens is 352 g/mol. The molecule has 1 heterocycles. The maximum atomic E-state index is 12.8. The van der Waals surface area contributed by atoms with E-state index < -0.39 is 17.6 Å². The third-order valence-electron chi connectivity index (χ3n) is 5.27. The molecule has 3 atom stereocenters. The molecule has 0 saturated carbocycles. The van der Waals surface area contributed by atoms with E-state index in [2.05, 4.69) is 0 Å². The van der Waals surface area contributed by atoms with E-state index in [-0.39, 0.29) is 17.2 Å². The summed E-state index contributed by atoms with van der Waals surface area (Å²) in [7, 11) is 0. The van der Waals surface area contributed by atoms with Crippen LogP contribution in [-0.2, 0) is 0 Å². The van der Waals surface area contributed by atoms with Crippen molar-refractivity contribution in [3.8, 4) is 5.75 Å². The summed E-state index contributed by atoms with van der Waals surface area (Å²) in [6.45, 7) is 3.89. The Kier molecular flexibility index (Phi) is 6.32. The van der Waals surface area contributed by atoms with E-state index in [0.717, 1.165) is 11.1 Å². The predicted molar refractivity (Wildman–Crippen MR) is 110 cm³/mol. The minimum atomic E-state index is -0.823. The van der Waals surface area contributed by atoms with Crippen LogP contribution in [0.4, 0.5) is 0 Å². The number of aliphatic hydroxyl groups excluding tert-OH is 1. The molecule has 1 aromatic heterocycles. The molecule has 0 radical (unpaired) electrons. The number of hydrogen-bond acceptors (Lipinski definition) is 4. The van der Waals surface area contributed by atoms with Crippen LogP contribution in [0.1, 0.15) is 67.1 Å². The molecule has 0 aliphatic heterocycles. The van der Waals surface area contributed by atoms with Gasteiger partial charge in [-0.15, -0.1) is 0 Å². The molecule has 2 N–H and O–H groups in total. The zero-order valence-corrected chi connectivity index (χ0v) is 16.2. The van der Waals surface area contributed by atoms with E-state index in [1.807, 2.05) is 74.5 Å². The highest BCUT2D eigenvalue weighted by molar-refractivity contribution is 5.40. The lowest BCUT2D eigenvalue weighted by molar-refractivity contribution is 0.129. The molecule has 0 bridgehead atoms.